The zero-order valence-corrected chi connectivity index (χ0v) is 24.4. The van der Waals surface area contributed by atoms with Gasteiger partial charge in [0.15, 0.2) is 0 Å². The molecular formula is C33H47FN4O2. The van der Waals surface area contributed by atoms with Crippen molar-refractivity contribution in [3.63, 3.8) is 0 Å². The Bertz CT molecular complexity index is 1100. The Balaban J connectivity index is 1.50. The minimum atomic E-state index is -0.532. The Morgan fingerprint density at radius 1 is 1.00 bits per heavy atom. The molecule has 0 radical (unpaired) electrons. The monoisotopic (exact) mass is 550 g/mol. The third-order valence-corrected chi connectivity index (χ3v) is 8.72. The van der Waals surface area contributed by atoms with Crippen molar-refractivity contribution in [2.24, 2.45) is 23.5 Å². The predicted octanol–water partition coefficient (Wildman–Crippen LogP) is 5.15. The van der Waals surface area contributed by atoms with Crippen LogP contribution in [0.2, 0.25) is 0 Å². The molecule has 1 aliphatic carbocycles. The summed E-state index contributed by atoms with van der Waals surface area (Å²) in [6.07, 6.45) is 5.78. The highest BCUT2D eigenvalue weighted by molar-refractivity contribution is 5.97. The molecule has 7 heteroatoms. The first-order chi connectivity index (χ1) is 19.2. The number of amides is 2. The summed E-state index contributed by atoms with van der Waals surface area (Å²) in [6, 6.07) is 13.9. The molecule has 0 bridgehead atoms. The van der Waals surface area contributed by atoms with Crippen molar-refractivity contribution < 1.29 is 14.0 Å². The van der Waals surface area contributed by atoms with Gasteiger partial charge < -0.3 is 16.0 Å². The van der Waals surface area contributed by atoms with Crippen LogP contribution in [-0.4, -0.2) is 59.9 Å². The lowest BCUT2D eigenvalue weighted by Gasteiger charge is -2.43. The van der Waals surface area contributed by atoms with E-state index in [1.54, 1.807) is 4.90 Å². The highest BCUT2D eigenvalue weighted by atomic mass is 19.1. The molecule has 4 rings (SSSR count). The van der Waals surface area contributed by atoms with Crippen LogP contribution in [0.1, 0.15) is 73.9 Å². The zero-order chi connectivity index (χ0) is 28.6. The Labute approximate surface area is 239 Å². The number of carbonyl (C=O) groups excluding carboxylic acids is 2. The number of nitrogens with two attached hydrogens (primary N) is 1. The van der Waals surface area contributed by atoms with Gasteiger partial charge in [0.05, 0.1) is 0 Å². The molecule has 6 nitrogen and oxygen atoms in total. The summed E-state index contributed by atoms with van der Waals surface area (Å²) >= 11 is 0. The zero-order valence-electron chi connectivity index (χ0n) is 24.4. The average Bonchev–Trinajstić information content (AvgIpc) is 2.96. The number of carbonyl (C=O) groups is 2. The van der Waals surface area contributed by atoms with Gasteiger partial charge in [-0.3, -0.25) is 14.5 Å². The molecule has 2 amide bonds. The maximum Gasteiger partial charge on any atom is 0.254 e. The summed E-state index contributed by atoms with van der Waals surface area (Å²) in [7, 11) is 0. The number of hydrogen-bond donors (Lipinski definition) is 2. The topological polar surface area (TPSA) is 78.7 Å². The summed E-state index contributed by atoms with van der Waals surface area (Å²) in [5.41, 5.74) is 8.63. The van der Waals surface area contributed by atoms with Crippen molar-refractivity contribution in [3.8, 4) is 0 Å². The van der Waals surface area contributed by atoms with E-state index in [-0.39, 0.29) is 23.7 Å². The van der Waals surface area contributed by atoms with Crippen LogP contribution in [0.5, 0.6) is 0 Å². The Morgan fingerprint density at radius 3 is 2.27 bits per heavy atom. The number of nitrogens with zero attached hydrogens (tertiary/aromatic N) is 2. The van der Waals surface area contributed by atoms with Crippen LogP contribution >= 0.6 is 0 Å². The van der Waals surface area contributed by atoms with E-state index >= 15 is 0 Å². The third-order valence-electron chi connectivity index (χ3n) is 8.72. The molecule has 1 unspecified atom stereocenters. The van der Waals surface area contributed by atoms with Gasteiger partial charge in [-0.25, -0.2) is 4.39 Å². The van der Waals surface area contributed by atoms with Crippen LogP contribution in [0.3, 0.4) is 0 Å². The molecule has 0 spiro atoms. The molecule has 1 heterocycles. The molecule has 218 valence electrons. The van der Waals surface area contributed by atoms with E-state index in [0.717, 1.165) is 56.3 Å². The molecule has 2 aromatic carbocycles. The summed E-state index contributed by atoms with van der Waals surface area (Å²) in [4.78, 5) is 31.6. The first-order valence-electron chi connectivity index (χ1n) is 15.1. The van der Waals surface area contributed by atoms with Gasteiger partial charge in [0, 0.05) is 37.8 Å². The van der Waals surface area contributed by atoms with E-state index in [1.807, 2.05) is 43.3 Å². The van der Waals surface area contributed by atoms with Crippen molar-refractivity contribution in [2.45, 2.75) is 77.9 Å². The number of nitrogens with one attached hydrogen (secondary N) is 1. The van der Waals surface area contributed by atoms with Gasteiger partial charge in [-0.2, -0.15) is 0 Å². The lowest BCUT2D eigenvalue weighted by Crippen LogP contribution is -2.58. The second kappa shape index (κ2) is 14.2. The van der Waals surface area contributed by atoms with Gasteiger partial charge in [-0.15, -0.1) is 0 Å². The van der Waals surface area contributed by atoms with E-state index in [1.165, 1.54) is 12.1 Å². The molecule has 2 atom stereocenters. The second-order valence-corrected chi connectivity index (χ2v) is 12.4. The van der Waals surface area contributed by atoms with E-state index in [4.69, 9.17) is 5.73 Å². The molecule has 3 N–H and O–H groups in total. The van der Waals surface area contributed by atoms with Crippen molar-refractivity contribution in [1.82, 2.24) is 15.1 Å². The summed E-state index contributed by atoms with van der Waals surface area (Å²) in [6.45, 7) is 9.85. The van der Waals surface area contributed by atoms with Crippen LogP contribution in [0.15, 0.2) is 48.5 Å². The molecular weight excluding hydrogens is 503 g/mol. The highest BCUT2D eigenvalue weighted by Crippen LogP contribution is 2.29. The fourth-order valence-electron chi connectivity index (χ4n) is 6.30. The van der Waals surface area contributed by atoms with Gasteiger partial charge in [-0.05, 0) is 99.6 Å². The van der Waals surface area contributed by atoms with Crippen molar-refractivity contribution in [1.29, 1.82) is 0 Å². The van der Waals surface area contributed by atoms with E-state index in [0.29, 0.717) is 49.4 Å². The lowest BCUT2D eigenvalue weighted by atomic mass is 9.82. The van der Waals surface area contributed by atoms with Crippen molar-refractivity contribution in [2.75, 3.05) is 26.2 Å². The Hall–Kier alpha value is -2.77. The number of hydrogen-bond acceptors (Lipinski definition) is 4. The number of piperidine rings is 1. The number of halogens is 1. The largest absolute Gasteiger partial charge is 0.354 e. The Kier molecular flexibility index (Phi) is 10.7. The maximum absolute atomic E-state index is 13.8. The number of rotatable bonds is 10. The van der Waals surface area contributed by atoms with Crippen molar-refractivity contribution in [3.05, 3.63) is 71.0 Å². The normalized spacial score (nSPS) is 23.4. The van der Waals surface area contributed by atoms with Gasteiger partial charge in [0.1, 0.15) is 11.9 Å². The van der Waals surface area contributed by atoms with Gasteiger partial charge in [-0.1, -0.05) is 43.7 Å². The third kappa shape index (κ3) is 8.14. The van der Waals surface area contributed by atoms with E-state index in [2.05, 4.69) is 24.1 Å². The molecule has 2 aromatic rings. The number of likely N-dealkylation sites (tertiary alicyclic amines) is 1. The molecule has 2 fully saturated rings. The average molecular weight is 551 g/mol. The number of aryl methyl sites for hydroxylation is 1. The SMILES string of the molecule is Cc1ccc(C(=O)N2CCC(N(Cc3ccc(F)cc3)CC(C)C)C[C@@H]2C(=O)NCC2CCC(CN)CC2)cc1. The first-order valence-corrected chi connectivity index (χ1v) is 15.1. The fraction of sp³-hybridized carbons (Fsp3) is 0.576. The van der Waals surface area contributed by atoms with Crippen molar-refractivity contribution >= 4 is 11.8 Å². The van der Waals surface area contributed by atoms with Crippen LogP contribution < -0.4 is 11.1 Å². The molecule has 1 aliphatic heterocycles. The van der Waals surface area contributed by atoms with Crippen LogP contribution in [0, 0.1) is 30.5 Å². The standard InChI is InChI=1S/C33H47FN4O2/c1-23(2)21-37(22-27-10-14-29(34)15-11-27)30-16-17-38(33(40)28-12-4-24(3)5-13-28)31(18-30)32(39)36-20-26-8-6-25(19-35)7-9-26/h4-5,10-15,23,25-26,30-31H,6-9,16-22,35H2,1-3H3,(H,36,39)/t25?,26?,30?,31-/m1/s1. The van der Waals surface area contributed by atoms with Crippen LogP contribution in [0.25, 0.3) is 0 Å². The summed E-state index contributed by atoms with van der Waals surface area (Å²) in [5.74, 6) is 1.11. The Morgan fingerprint density at radius 2 is 1.65 bits per heavy atom. The second-order valence-electron chi connectivity index (χ2n) is 12.4. The smallest absolute Gasteiger partial charge is 0.254 e. The van der Waals surface area contributed by atoms with Gasteiger partial charge >= 0.3 is 0 Å². The molecule has 0 aromatic heterocycles. The summed E-state index contributed by atoms with van der Waals surface area (Å²) < 4.78 is 13.6. The highest BCUT2D eigenvalue weighted by Gasteiger charge is 2.39. The predicted molar refractivity (Wildman–Crippen MR) is 158 cm³/mol. The fourth-order valence-corrected chi connectivity index (χ4v) is 6.30. The van der Waals surface area contributed by atoms with E-state index in [9.17, 15) is 14.0 Å². The first kappa shape index (κ1) is 30.2. The summed E-state index contributed by atoms with van der Waals surface area (Å²) in [5, 5.41) is 3.23. The quantitative estimate of drug-likeness (QED) is 0.429. The molecule has 2 aliphatic rings. The minimum absolute atomic E-state index is 0.0580. The minimum Gasteiger partial charge on any atom is -0.354 e. The van der Waals surface area contributed by atoms with Crippen LogP contribution in [-0.2, 0) is 11.3 Å². The van der Waals surface area contributed by atoms with Gasteiger partial charge in [0.25, 0.3) is 5.91 Å². The molecule has 1 saturated heterocycles. The molecule has 1 saturated carbocycles. The number of benzene rings is 2. The van der Waals surface area contributed by atoms with Crippen LogP contribution in [0.4, 0.5) is 4.39 Å². The maximum atomic E-state index is 13.8. The van der Waals surface area contributed by atoms with Gasteiger partial charge in [0.2, 0.25) is 5.91 Å². The molecule has 40 heavy (non-hydrogen) atoms. The van der Waals surface area contributed by atoms with E-state index < -0.39 is 6.04 Å². The lowest BCUT2D eigenvalue weighted by molar-refractivity contribution is -0.128.